The van der Waals surface area contributed by atoms with E-state index in [-0.39, 0.29) is 6.07 Å². The molecule has 10 heteroatoms. The zero-order valence-corrected chi connectivity index (χ0v) is 12.0. The maximum absolute atomic E-state index is 13.0. The van der Waals surface area contributed by atoms with Crippen molar-refractivity contribution in [1.29, 1.82) is 0 Å². The van der Waals surface area contributed by atoms with E-state index in [1.807, 2.05) is 0 Å². The van der Waals surface area contributed by atoms with Crippen LogP contribution >= 0.6 is 0 Å². The number of nitrogens with zero attached hydrogens (tertiary/aromatic N) is 1. The first-order chi connectivity index (χ1) is 10.6. The van der Waals surface area contributed by atoms with E-state index in [4.69, 9.17) is 0 Å². The SMILES string of the molecule is O=C(NS(=O)(=O)c1cccnc1)c1ccc(F)cc1C(F)(F)F. The van der Waals surface area contributed by atoms with Gasteiger partial charge in [0.05, 0.1) is 11.1 Å². The summed E-state index contributed by atoms with van der Waals surface area (Å²) in [6.45, 7) is 0. The summed E-state index contributed by atoms with van der Waals surface area (Å²) in [6.07, 6.45) is -2.82. The first-order valence-electron chi connectivity index (χ1n) is 5.95. The molecule has 0 saturated heterocycles. The van der Waals surface area contributed by atoms with Gasteiger partial charge in [0.1, 0.15) is 10.7 Å². The minimum Gasteiger partial charge on any atom is -0.268 e. The van der Waals surface area contributed by atoms with Crippen molar-refractivity contribution in [3.05, 3.63) is 59.7 Å². The first-order valence-corrected chi connectivity index (χ1v) is 7.43. The molecule has 2 aromatic rings. The Morgan fingerprint density at radius 1 is 1.17 bits per heavy atom. The third kappa shape index (κ3) is 3.83. The molecule has 0 aliphatic rings. The molecule has 1 aromatic carbocycles. The molecule has 0 aliphatic carbocycles. The topological polar surface area (TPSA) is 76.1 Å². The zero-order valence-electron chi connectivity index (χ0n) is 11.1. The van der Waals surface area contributed by atoms with E-state index in [0.29, 0.717) is 12.1 Å². The molecule has 23 heavy (non-hydrogen) atoms. The minimum absolute atomic E-state index is 0.117. The quantitative estimate of drug-likeness (QED) is 0.864. The Morgan fingerprint density at radius 3 is 2.43 bits per heavy atom. The fraction of sp³-hybridized carbons (Fsp3) is 0.0769. The number of benzene rings is 1. The van der Waals surface area contributed by atoms with Crippen molar-refractivity contribution in [3.63, 3.8) is 0 Å². The Hall–Kier alpha value is -2.49. The second-order valence-corrected chi connectivity index (χ2v) is 5.99. The van der Waals surface area contributed by atoms with Gasteiger partial charge in [-0.2, -0.15) is 13.2 Å². The van der Waals surface area contributed by atoms with E-state index in [9.17, 15) is 30.8 Å². The lowest BCUT2D eigenvalue weighted by Gasteiger charge is -2.13. The van der Waals surface area contributed by atoms with Crippen molar-refractivity contribution >= 4 is 15.9 Å². The number of carbonyl (C=O) groups is 1. The molecule has 2 rings (SSSR count). The van der Waals surface area contributed by atoms with Gasteiger partial charge in [-0.05, 0) is 30.3 Å². The van der Waals surface area contributed by atoms with Crippen molar-refractivity contribution in [2.24, 2.45) is 0 Å². The normalized spacial score (nSPS) is 12.0. The average molecular weight is 348 g/mol. The van der Waals surface area contributed by atoms with Crippen molar-refractivity contribution in [2.75, 3.05) is 0 Å². The Morgan fingerprint density at radius 2 is 1.87 bits per heavy atom. The van der Waals surface area contributed by atoms with E-state index in [2.05, 4.69) is 4.98 Å². The van der Waals surface area contributed by atoms with Crippen molar-refractivity contribution in [1.82, 2.24) is 9.71 Å². The molecule has 1 amide bonds. The van der Waals surface area contributed by atoms with Gasteiger partial charge in [0.2, 0.25) is 0 Å². The number of aromatic nitrogens is 1. The molecule has 0 bridgehead atoms. The summed E-state index contributed by atoms with van der Waals surface area (Å²) in [5.74, 6) is -2.73. The molecular weight excluding hydrogens is 340 g/mol. The summed E-state index contributed by atoms with van der Waals surface area (Å²) in [5.41, 5.74) is -2.58. The highest BCUT2D eigenvalue weighted by atomic mass is 32.2. The van der Waals surface area contributed by atoms with Gasteiger partial charge in [0.25, 0.3) is 15.9 Å². The van der Waals surface area contributed by atoms with Crippen LogP contribution in [0.1, 0.15) is 15.9 Å². The number of alkyl halides is 3. The number of pyridine rings is 1. The van der Waals surface area contributed by atoms with Crippen LogP contribution < -0.4 is 4.72 Å². The summed E-state index contributed by atoms with van der Waals surface area (Å²) in [7, 11) is -4.40. The molecule has 0 saturated carbocycles. The molecule has 0 atom stereocenters. The van der Waals surface area contributed by atoms with Crippen LogP contribution in [0, 0.1) is 5.82 Å². The lowest BCUT2D eigenvalue weighted by Crippen LogP contribution is -2.32. The molecule has 122 valence electrons. The van der Waals surface area contributed by atoms with E-state index in [0.717, 1.165) is 12.3 Å². The number of hydrogen-bond donors (Lipinski definition) is 1. The van der Waals surface area contributed by atoms with Crippen molar-refractivity contribution < 1.29 is 30.8 Å². The van der Waals surface area contributed by atoms with E-state index >= 15 is 0 Å². The predicted octanol–water partition coefficient (Wildman–Crippen LogP) is 2.36. The largest absolute Gasteiger partial charge is 0.417 e. The van der Waals surface area contributed by atoms with Gasteiger partial charge in [-0.3, -0.25) is 9.78 Å². The predicted molar refractivity (Wildman–Crippen MR) is 70.3 cm³/mol. The fourth-order valence-electron chi connectivity index (χ4n) is 1.69. The number of sulfonamides is 1. The Bertz CT molecular complexity index is 836. The van der Waals surface area contributed by atoms with Crippen LogP contribution in [0.15, 0.2) is 47.6 Å². The maximum atomic E-state index is 13.0. The number of carbonyl (C=O) groups excluding carboxylic acids is 1. The standard InChI is InChI=1S/C13H8F4N2O3S/c14-8-3-4-10(11(6-8)13(15,16)17)12(20)19-23(21,22)9-2-1-5-18-7-9/h1-7H,(H,19,20). The van der Waals surface area contributed by atoms with Gasteiger partial charge in [-0.25, -0.2) is 17.5 Å². The van der Waals surface area contributed by atoms with Crippen LogP contribution in [0.4, 0.5) is 17.6 Å². The monoisotopic (exact) mass is 348 g/mol. The second kappa shape index (κ2) is 5.95. The van der Waals surface area contributed by atoms with Crippen molar-refractivity contribution in [3.8, 4) is 0 Å². The third-order valence-corrected chi connectivity index (χ3v) is 4.02. The minimum atomic E-state index is -5.02. The summed E-state index contributed by atoms with van der Waals surface area (Å²) >= 11 is 0. The molecule has 1 N–H and O–H groups in total. The molecule has 0 spiro atoms. The van der Waals surface area contributed by atoms with Gasteiger partial charge in [-0.1, -0.05) is 0 Å². The van der Waals surface area contributed by atoms with Crippen LogP contribution in [0.2, 0.25) is 0 Å². The van der Waals surface area contributed by atoms with E-state index in [1.54, 1.807) is 0 Å². The lowest BCUT2D eigenvalue weighted by atomic mass is 10.1. The van der Waals surface area contributed by atoms with Crippen LogP contribution in [0.3, 0.4) is 0 Å². The van der Waals surface area contributed by atoms with Gasteiger partial charge in [0.15, 0.2) is 0 Å². The fourth-order valence-corrected chi connectivity index (χ4v) is 2.62. The summed E-state index contributed by atoms with van der Waals surface area (Å²) < 4.78 is 76.8. The molecule has 5 nitrogen and oxygen atoms in total. The molecule has 0 unspecified atom stereocenters. The molecular formula is C13H8F4N2O3S. The number of halogens is 4. The molecule has 0 fully saturated rings. The summed E-state index contributed by atoms with van der Waals surface area (Å²) in [5, 5.41) is 0. The van der Waals surface area contributed by atoms with Gasteiger partial charge < -0.3 is 0 Å². The molecule has 0 radical (unpaired) electrons. The van der Waals surface area contributed by atoms with Crippen LogP contribution in [-0.4, -0.2) is 19.3 Å². The third-order valence-electron chi connectivity index (χ3n) is 2.70. The Kier molecular flexibility index (Phi) is 4.37. The van der Waals surface area contributed by atoms with E-state index < -0.39 is 43.9 Å². The van der Waals surface area contributed by atoms with Gasteiger partial charge in [0, 0.05) is 12.4 Å². The second-order valence-electron chi connectivity index (χ2n) is 4.31. The Labute approximate surface area is 128 Å². The molecule has 1 aromatic heterocycles. The maximum Gasteiger partial charge on any atom is 0.417 e. The number of nitrogens with one attached hydrogen (secondary N) is 1. The van der Waals surface area contributed by atoms with Crippen LogP contribution in [0.5, 0.6) is 0 Å². The zero-order chi connectivity index (χ0) is 17.3. The lowest BCUT2D eigenvalue weighted by molar-refractivity contribution is -0.138. The van der Waals surface area contributed by atoms with Gasteiger partial charge in [-0.15, -0.1) is 0 Å². The summed E-state index contributed by atoms with van der Waals surface area (Å²) in [4.78, 5) is 15.0. The highest BCUT2D eigenvalue weighted by Gasteiger charge is 2.36. The number of rotatable bonds is 3. The van der Waals surface area contributed by atoms with Gasteiger partial charge >= 0.3 is 6.18 Å². The first kappa shape index (κ1) is 16.9. The molecule has 1 heterocycles. The smallest absolute Gasteiger partial charge is 0.268 e. The van der Waals surface area contributed by atoms with Crippen LogP contribution in [-0.2, 0) is 16.2 Å². The van der Waals surface area contributed by atoms with Crippen LogP contribution in [0.25, 0.3) is 0 Å². The number of amides is 1. The summed E-state index contributed by atoms with van der Waals surface area (Å²) in [6, 6.07) is 3.69. The van der Waals surface area contributed by atoms with E-state index in [1.165, 1.54) is 17.0 Å². The highest BCUT2D eigenvalue weighted by molar-refractivity contribution is 7.90. The van der Waals surface area contributed by atoms with Crippen molar-refractivity contribution in [2.45, 2.75) is 11.1 Å². The highest BCUT2D eigenvalue weighted by Crippen LogP contribution is 2.32. The average Bonchev–Trinajstić information content (AvgIpc) is 2.46. The number of hydrogen-bond acceptors (Lipinski definition) is 4. The Balaban J connectivity index is 2.39. The molecule has 0 aliphatic heterocycles.